The van der Waals surface area contributed by atoms with E-state index in [9.17, 15) is 5.11 Å². The first-order valence-electron chi connectivity index (χ1n) is 6.80. The van der Waals surface area contributed by atoms with Crippen LogP contribution in [0.5, 0.6) is 5.75 Å². The minimum absolute atomic E-state index is 0.311. The maximum Gasteiger partial charge on any atom is 0.115 e. The summed E-state index contributed by atoms with van der Waals surface area (Å²) in [7, 11) is 0. The van der Waals surface area contributed by atoms with Crippen molar-refractivity contribution in [3.8, 4) is 5.75 Å². The molecule has 1 aromatic rings. The second-order valence-electron chi connectivity index (χ2n) is 5.24. The van der Waals surface area contributed by atoms with Crippen molar-refractivity contribution < 1.29 is 9.84 Å². The number of phenols is 1. The second kappa shape index (κ2) is 6.21. The molecule has 0 aromatic heterocycles. The molecule has 18 heavy (non-hydrogen) atoms. The molecule has 1 aliphatic rings. The lowest BCUT2D eigenvalue weighted by Gasteiger charge is -2.37. The van der Waals surface area contributed by atoms with E-state index in [0.29, 0.717) is 11.2 Å². The van der Waals surface area contributed by atoms with E-state index in [2.05, 4.69) is 12.2 Å². The highest BCUT2D eigenvalue weighted by Crippen LogP contribution is 2.34. The Hall–Kier alpha value is -1.06. The zero-order chi connectivity index (χ0) is 12.8. The first-order chi connectivity index (χ1) is 8.74. The summed E-state index contributed by atoms with van der Waals surface area (Å²) in [6, 6.07) is 7.60. The fraction of sp³-hybridized carbons (Fsp3) is 0.600. The highest BCUT2D eigenvalue weighted by Gasteiger charge is 2.32. The number of rotatable bonds is 5. The summed E-state index contributed by atoms with van der Waals surface area (Å²) < 4.78 is 5.49. The number of nitrogens with one attached hydrogen (secondary N) is 1. The van der Waals surface area contributed by atoms with Gasteiger partial charge in [-0.2, -0.15) is 0 Å². The zero-order valence-corrected chi connectivity index (χ0v) is 11.1. The second-order valence-corrected chi connectivity index (χ2v) is 5.24. The molecule has 1 fully saturated rings. The summed E-state index contributed by atoms with van der Waals surface area (Å²) in [6.07, 6.45) is 3.28. The van der Waals surface area contributed by atoms with Crippen LogP contribution in [0.25, 0.3) is 0 Å². The van der Waals surface area contributed by atoms with Gasteiger partial charge in [0.05, 0.1) is 0 Å². The van der Waals surface area contributed by atoms with Crippen LogP contribution in [-0.4, -0.2) is 31.4 Å². The lowest BCUT2D eigenvalue weighted by molar-refractivity contribution is 0.0152. The van der Waals surface area contributed by atoms with E-state index in [4.69, 9.17) is 4.74 Å². The number of ether oxygens (including phenoxy) is 1. The Balaban J connectivity index is 2.06. The van der Waals surface area contributed by atoms with Gasteiger partial charge in [-0.05, 0) is 48.9 Å². The molecule has 2 rings (SSSR count). The molecule has 0 aliphatic carbocycles. The molecule has 1 heterocycles. The van der Waals surface area contributed by atoms with E-state index < -0.39 is 0 Å². The van der Waals surface area contributed by atoms with Crippen LogP contribution in [0.15, 0.2) is 24.3 Å². The van der Waals surface area contributed by atoms with Gasteiger partial charge >= 0.3 is 0 Å². The van der Waals surface area contributed by atoms with Crippen molar-refractivity contribution >= 4 is 0 Å². The minimum Gasteiger partial charge on any atom is -0.508 e. The van der Waals surface area contributed by atoms with Crippen molar-refractivity contribution in [1.82, 2.24) is 5.32 Å². The molecular weight excluding hydrogens is 226 g/mol. The lowest BCUT2D eigenvalue weighted by atomic mass is 9.75. The maximum atomic E-state index is 9.34. The molecule has 0 spiro atoms. The molecule has 0 atom stereocenters. The summed E-state index contributed by atoms with van der Waals surface area (Å²) in [4.78, 5) is 0. The molecule has 0 saturated carbocycles. The van der Waals surface area contributed by atoms with E-state index in [1.807, 2.05) is 12.1 Å². The van der Waals surface area contributed by atoms with E-state index in [1.54, 1.807) is 12.1 Å². The van der Waals surface area contributed by atoms with Gasteiger partial charge in [-0.1, -0.05) is 19.1 Å². The van der Waals surface area contributed by atoms with Gasteiger partial charge < -0.3 is 15.2 Å². The molecule has 3 heteroatoms. The van der Waals surface area contributed by atoms with Crippen molar-refractivity contribution in [3.05, 3.63) is 29.8 Å². The fourth-order valence-corrected chi connectivity index (χ4v) is 2.66. The van der Waals surface area contributed by atoms with Gasteiger partial charge in [0.1, 0.15) is 5.75 Å². The molecule has 0 amide bonds. The average Bonchev–Trinajstić information content (AvgIpc) is 2.40. The van der Waals surface area contributed by atoms with Crippen LogP contribution in [0.4, 0.5) is 0 Å². The van der Waals surface area contributed by atoms with Crippen molar-refractivity contribution in [2.24, 2.45) is 5.41 Å². The third-order valence-corrected chi connectivity index (χ3v) is 3.82. The Morgan fingerprint density at radius 2 is 1.89 bits per heavy atom. The van der Waals surface area contributed by atoms with Crippen molar-refractivity contribution in [2.45, 2.75) is 26.2 Å². The highest BCUT2D eigenvalue weighted by molar-refractivity contribution is 5.26. The maximum absolute atomic E-state index is 9.34. The number of aromatic hydroxyl groups is 1. The summed E-state index contributed by atoms with van der Waals surface area (Å²) in [5, 5.41) is 12.8. The van der Waals surface area contributed by atoms with Crippen LogP contribution in [-0.2, 0) is 11.2 Å². The van der Waals surface area contributed by atoms with Crippen molar-refractivity contribution in [1.29, 1.82) is 0 Å². The van der Waals surface area contributed by atoms with Crippen LogP contribution in [0.1, 0.15) is 25.3 Å². The normalized spacial score (nSPS) is 18.7. The van der Waals surface area contributed by atoms with E-state index >= 15 is 0 Å². The summed E-state index contributed by atoms with van der Waals surface area (Å²) in [5.41, 5.74) is 1.61. The molecular formula is C15H23NO2. The number of benzene rings is 1. The Labute approximate surface area is 109 Å². The quantitative estimate of drug-likeness (QED) is 0.841. The first-order valence-corrected chi connectivity index (χ1v) is 6.80. The van der Waals surface area contributed by atoms with E-state index in [1.165, 1.54) is 5.56 Å². The SMILES string of the molecule is CCNCC1(Cc2ccc(O)cc2)CCOCC1. The molecule has 0 bridgehead atoms. The molecule has 0 unspecified atom stereocenters. The largest absolute Gasteiger partial charge is 0.508 e. The molecule has 2 N–H and O–H groups in total. The third kappa shape index (κ3) is 3.47. The lowest BCUT2D eigenvalue weighted by Crippen LogP contribution is -2.40. The van der Waals surface area contributed by atoms with Gasteiger partial charge in [0, 0.05) is 19.8 Å². The van der Waals surface area contributed by atoms with Gasteiger partial charge in [0.2, 0.25) is 0 Å². The summed E-state index contributed by atoms with van der Waals surface area (Å²) in [6.45, 7) is 5.94. The predicted octanol–water partition coefficient (Wildman–Crippen LogP) is 2.34. The van der Waals surface area contributed by atoms with Gasteiger partial charge in [-0.15, -0.1) is 0 Å². The Kier molecular flexibility index (Phi) is 4.61. The highest BCUT2D eigenvalue weighted by atomic mass is 16.5. The Bertz CT molecular complexity index is 355. The number of phenolic OH excluding ortho intramolecular Hbond substituents is 1. The Morgan fingerprint density at radius 1 is 1.22 bits per heavy atom. The standard InChI is InChI=1S/C15H23NO2/c1-2-16-12-15(7-9-18-10-8-15)11-13-3-5-14(17)6-4-13/h3-6,16-17H,2,7-12H2,1H3. The van der Waals surface area contributed by atoms with E-state index in [0.717, 1.165) is 45.6 Å². The van der Waals surface area contributed by atoms with Crippen LogP contribution in [0.3, 0.4) is 0 Å². The minimum atomic E-state index is 0.311. The summed E-state index contributed by atoms with van der Waals surface area (Å²) in [5.74, 6) is 0.339. The van der Waals surface area contributed by atoms with Gasteiger partial charge in [0.15, 0.2) is 0 Å². The van der Waals surface area contributed by atoms with E-state index in [-0.39, 0.29) is 0 Å². The monoisotopic (exact) mass is 249 g/mol. The van der Waals surface area contributed by atoms with Gasteiger partial charge in [0.25, 0.3) is 0 Å². The molecule has 100 valence electrons. The predicted molar refractivity (Wildman–Crippen MR) is 72.8 cm³/mol. The van der Waals surface area contributed by atoms with Gasteiger partial charge in [-0.3, -0.25) is 0 Å². The van der Waals surface area contributed by atoms with Crippen LogP contribution in [0, 0.1) is 5.41 Å². The molecule has 1 aliphatic heterocycles. The van der Waals surface area contributed by atoms with Crippen LogP contribution in [0.2, 0.25) is 0 Å². The van der Waals surface area contributed by atoms with Crippen molar-refractivity contribution in [3.63, 3.8) is 0 Å². The third-order valence-electron chi connectivity index (χ3n) is 3.82. The molecule has 3 nitrogen and oxygen atoms in total. The number of hydrogen-bond acceptors (Lipinski definition) is 3. The molecule has 1 saturated heterocycles. The zero-order valence-electron chi connectivity index (χ0n) is 11.1. The Morgan fingerprint density at radius 3 is 2.50 bits per heavy atom. The van der Waals surface area contributed by atoms with Crippen LogP contribution >= 0.6 is 0 Å². The molecule has 0 radical (unpaired) electrons. The van der Waals surface area contributed by atoms with Gasteiger partial charge in [-0.25, -0.2) is 0 Å². The fourth-order valence-electron chi connectivity index (χ4n) is 2.66. The topological polar surface area (TPSA) is 41.5 Å². The number of hydrogen-bond donors (Lipinski definition) is 2. The van der Waals surface area contributed by atoms with Crippen LogP contribution < -0.4 is 5.32 Å². The van der Waals surface area contributed by atoms with Crippen molar-refractivity contribution in [2.75, 3.05) is 26.3 Å². The average molecular weight is 249 g/mol. The molecule has 1 aromatic carbocycles. The first kappa shape index (κ1) is 13.4. The summed E-state index contributed by atoms with van der Waals surface area (Å²) >= 11 is 0. The smallest absolute Gasteiger partial charge is 0.115 e.